The van der Waals surface area contributed by atoms with Gasteiger partial charge in [-0.2, -0.15) is 5.26 Å². The topological polar surface area (TPSA) is 108 Å². The van der Waals surface area contributed by atoms with Crippen LogP contribution in [-0.4, -0.2) is 10.8 Å². The summed E-state index contributed by atoms with van der Waals surface area (Å²) in [7, 11) is 0. The van der Waals surface area contributed by atoms with Crippen LogP contribution in [0.2, 0.25) is 10.0 Å². The zero-order valence-corrected chi connectivity index (χ0v) is 14.9. The molecule has 0 aliphatic rings. The van der Waals surface area contributed by atoms with E-state index in [1.807, 2.05) is 6.92 Å². The van der Waals surface area contributed by atoms with Crippen molar-refractivity contribution in [2.24, 2.45) is 0 Å². The highest BCUT2D eigenvalue weighted by Gasteiger charge is 2.15. The van der Waals surface area contributed by atoms with Crippen LogP contribution in [0.3, 0.4) is 0 Å². The molecule has 0 unspecified atom stereocenters. The van der Waals surface area contributed by atoms with E-state index in [4.69, 9.17) is 28.5 Å². The number of carbonyl (C=O) groups excluding carboxylic acids is 1. The number of anilines is 2. The van der Waals surface area contributed by atoms with Crippen molar-refractivity contribution >= 4 is 46.2 Å². The Kier molecular flexibility index (Phi) is 6.17. The van der Waals surface area contributed by atoms with Crippen LogP contribution in [-0.2, 0) is 4.79 Å². The molecule has 0 spiro atoms. The van der Waals surface area contributed by atoms with Gasteiger partial charge in [-0.1, -0.05) is 29.3 Å². The van der Waals surface area contributed by atoms with Gasteiger partial charge in [-0.25, -0.2) is 0 Å². The van der Waals surface area contributed by atoms with Crippen molar-refractivity contribution in [2.45, 2.75) is 6.92 Å². The number of halogens is 2. The number of hydrogen-bond acceptors (Lipinski definition) is 5. The predicted molar refractivity (Wildman–Crippen MR) is 100 cm³/mol. The van der Waals surface area contributed by atoms with Gasteiger partial charge in [0.1, 0.15) is 16.7 Å². The highest BCUT2D eigenvalue weighted by atomic mass is 35.5. The van der Waals surface area contributed by atoms with Gasteiger partial charge in [-0.05, 0) is 36.8 Å². The van der Waals surface area contributed by atoms with Crippen LogP contribution < -0.4 is 10.6 Å². The first-order valence-corrected chi connectivity index (χ1v) is 7.95. The molecule has 0 saturated carbocycles. The average molecular weight is 391 g/mol. The Morgan fingerprint density at radius 3 is 2.50 bits per heavy atom. The van der Waals surface area contributed by atoms with Gasteiger partial charge in [0.15, 0.2) is 0 Å². The summed E-state index contributed by atoms with van der Waals surface area (Å²) in [6, 6.07) is 10.7. The molecule has 26 heavy (non-hydrogen) atoms. The zero-order valence-electron chi connectivity index (χ0n) is 13.4. The molecule has 0 saturated heterocycles. The molecule has 2 aromatic carbocycles. The summed E-state index contributed by atoms with van der Waals surface area (Å²) in [5, 5.41) is 25.8. The summed E-state index contributed by atoms with van der Waals surface area (Å²) in [5.74, 6) is -0.727. The zero-order chi connectivity index (χ0) is 19.3. The Hall–Kier alpha value is -3.08. The quantitative estimate of drug-likeness (QED) is 0.333. The second kappa shape index (κ2) is 8.34. The standard InChI is InChI=1S/C17H12Cl2N4O3/c1-10-2-3-12(6-15(10)19)21-9-11(8-20)17(24)22-13-4-5-14(18)16(7-13)23(25)26/h2-7,9,21H,1H3,(H,22,24)/b11-9-. The molecule has 0 fully saturated rings. The van der Waals surface area contributed by atoms with Crippen molar-refractivity contribution in [1.29, 1.82) is 5.26 Å². The van der Waals surface area contributed by atoms with Gasteiger partial charge in [-0.3, -0.25) is 14.9 Å². The van der Waals surface area contributed by atoms with Crippen LogP contribution in [0.1, 0.15) is 5.56 Å². The van der Waals surface area contributed by atoms with Gasteiger partial charge >= 0.3 is 0 Å². The fraction of sp³-hybridized carbons (Fsp3) is 0.0588. The van der Waals surface area contributed by atoms with Crippen molar-refractivity contribution < 1.29 is 9.72 Å². The monoisotopic (exact) mass is 390 g/mol. The van der Waals surface area contributed by atoms with E-state index in [0.29, 0.717) is 10.7 Å². The molecule has 132 valence electrons. The summed E-state index contributed by atoms with van der Waals surface area (Å²) in [5.41, 5.74) is 1.07. The number of aryl methyl sites for hydroxylation is 1. The van der Waals surface area contributed by atoms with E-state index >= 15 is 0 Å². The van der Waals surface area contributed by atoms with Crippen LogP contribution in [0.4, 0.5) is 17.1 Å². The largest absolute Gasteiger partial charge is 0.360 e. The number of carbonyl (C=O) groups is 1. The molecule has 0 aromatic heterocycles. The van der Waals surface area contributed by atoms with Gasteiger partial charge in [0.2, 0.25) is 0 Å². The number of nitrogens with one attached hydrogen (secondary N) is 2. The molecule has 0 atom stereocenters. The van der Waals surface area contributed by atoms with Crippen LogP contribution in [0.5, 0.6) is 0 Å². The number of hydrogen-bond donors (Lipinski definition) is 2. The molecule has 1 amide bonds. The molecule has 0 aliphatic carbocycles. The molecule has 9 heteroatoms. The molecule has 2 rings (SSSR count). The second-order valence-electron chi connectivity index (χ2n) is 5.16. The number of nitrogens with zero attached hydrogens (tertiary/aromatic N) is 2. The van der Waals surface area contributed by atoms with E-state index in [2.05, 4.69) is 10.6 Å². The van der Waals surface area contributed by atoms with Crippen molar-refractivity contribution in [2.75, 3.05) is 10.6 Å². The number of nitro groups is 1. The lowest BCUT2D eigenvalue weighted by Crippen LogP contribution is -2.14. The van der Waals surface area contributed by atoms with Crippen LogP contribution in [0, 0.1) is 28.4 Å². The summed E-state index contributed by atoms with van der Waals surface area (Å²) in [6.07, 6.45) is 1.22. The first-order chi connectivity index (χ1) is 12.3. The van der Waals surface area contributed by atoms with Gasteiger partial charge < -0.3 is 10.6 Å². The molecular formula is C17H12Cl2N4O3. The molecule has 0 aliphatic heterocycles. The lowest BCUT2D eigenvalue weighted by Gasteiger charge is -2.06. The minimum atomic E-state index is -0.727. The normalized spacial score (nSPS) is 10.8. The van der Waals surface area contributed by atoms with E-state index in [9.17, 15) is 14.9 Å². The Morgan fingerprint density at radius 2 is 1.88 bits per heavy atom. The van der Waals surface area contributed by atoms with E-state index in [0.717, 1.165) is 11.6 Å². The first-order valence-electron chi connectivity index (χ1n) is 7.20. The second-order valence-corrected chi connectivity index (χ2v) is 5.97. The van der Waals surface area contributed by atoms with Gasteiger partial charge in [-0.15, -0.1) is 0 Å². The number of nitro benzene ring substituents is 1. The van der Waals surface area contributed by atoms with Gasteiger partial charge in [0, 0.05) is 28.7 Å². The molecule has 2 aromatic rings. The molecule has 2 N–H and O–H groups in total. The molecule has 7 nitrogen and oxygen atoms in total. The third-order valence-corrected chi connectivity index (χ3v) is 4.05. The summed E-state index contributed by atoms with van der Waals surface area (Å²) in [4.78, 5) is 22.4. The third-order valence-electron chi connectivity index (χ3n) is 3.32. The molecule has 0 heterocycles. The van der Waals surface area contributed by atoms with Crippen molar-refractivity contribution in [3.63, 3.8) is 0 Å². The predicted octanol–water partition coefficient (Wildman–Crippen LogP) is 4.67. The average Bonchev–Trinajstić information content (AvgIpc) is 2.60. The summed E-state index contributed by atoms with van der Waals surface area (Å²) >= 11 is 11.7. The molecular weight excluding hydrogens is 379 g/mol. The van der Waals surface area contributed by atoms with Crippen LogP contribution >= 0.6 is 23.2 Å². The number of rotatable bonds is 5. The minimum Gasteiger partial charge on any atom is -0.360 e. The van der Waals surface area contributed by atoms with Gasteiger partial charge in [0.05, 0.1) is 4.92 Å². The Balaban J connectivity index is 2.16. The maximum absolute atomic E-state index is 12.2. The van der Waals surface area contributed by atoms with Crippen molar-refractivity contribution in [3.8, 4) is 6.07 Å². The lowest BCUT2D eigenvalue weighted by molar-refractivity contribution is -0.384. The smallest absolute Gasteiger partial charge is 0.289 e. The van der Waals surface area contributed by atoms with Crippen molar-refractivity contribution in [3.05, 3.63) is 73.9 Å². The Labute approximate surface area is 159 Å². The Bertz CT molecular complexity index is 952. The van der Waals surface area contributed by atoms with Crippen LogP contribution in [0.25, 0.3) is 0 Å². The molecule has 0 bridgehead atoms. The number of benzene rings is 2. The maximum Gasteiger partial charge on any atom is 0.289 e. The highest BCUT2D eigenvalue weighted by molar-refractivity contribution is 6.32. The Morgan fingerprint density at radius 1 is 1.19 bits per heavy atom. The fourth-order valence-electron chi connectivity index (χ4n) is 1.92. The third kappa shape index (κ3) is 4.72. The SMILES string of the molecule is Cc1ccc(N/C=C(/C#N)C(=O)Nc2ccc(Cl)c([N+](=O)[O-])c2)cc1Cl. The number of amides is 1. The van der Waals surface area contributed by atoms with E-state index < -0.39 is 10.8 Å². The maximum atomic E-state index is 12.2. The lowest BCUT2D eigenvalue weighted by atomic mass is 10.2. The summed E-state index contributed by atoms with van der Waals surface area (Å²) < 4.78 is 0. The van der Waals surface area contributed by atoms with Crippen LogP contribution in [0.15, 0.2) is 48.2 Å². The van der Waals surface area contributed by atoms with E-state index in [1.165, 1.54) is 18.3 Å². The fourth-order valence-corrected chi connectivity index (χ4v) is 2.28. The molecule has 0 radical (unpaired) electrons. The highest BCUT2D eigenvalue weighted by Crippen LogP contribution is 2.27. The summed E-state index contributed by atoms with van der Waals surface area (Å²) in [6.45, 7) is 1.85. The minimum absolute atomic E-state index is 0.0537. The van der Waals surface area contributed by atoms with E-state index in [-0.39, 0.29) is 22.0 Å². The van der Waals surface area contributed by atoms with E-state index in [1.54, 1.807) is 24.3 Å². The first kappa shape index (κ1) is 19.2. The number of nitriles is 1. The van der Waals surface area contributed by atoms with Crippen molar-refractivity contribution in [1.82, 2.24) is 0 Å². The van der Waals surface area contributed by atoms with Gasteiger partial charge in [0.25, 0.3) is 11.6 Å².